The van der Waals surface area contributed by atoms with Gasteiger partial charge in [-0.15, -0.1) is 0 Å². The number of carbonyl (C=O) groups excluding carboxylic acids is 1. The molecule has 1 saturated carbocycles. The second-order valence-electron chi connectivity index (χ2n) is 4.82. The average molecular weight is 226 g/mol. The summed E-state index contributed by atoms with van der Waals surface area (Å²) in [5, 5.41) is 0. The van der Waals surface area contributed by atoms with Crippen molar-refractivity contribution in [2.24, 2.45) is 11.7 Å². The van der Waals surface area contributed by atoms with Crippen molar-refractivity contribution in [3.63, 3.8) is 0 Å². The Morgan fingerprint density at radius 1 is 1.25 bits per heavy atom. The predicted octanol–water partition coefficient (Wildman–Crippen LogP) is 2.15. The van der Waals surface area contributed by atoms with Gasteiger partial charge in [-0.2, -0.15) is 0 Å². The van der Waals surface area contributed by atoms with Crippen molar-refractivity contribution >= 4 is 5.91 Å². The maximum absolute atomic E-state index is 10.7. The standard InChI is InChI=1S/C7H15N.C6H11NO/c8-6-7-4-2-1-3-5-7;1-2-7-5-3-4-6(7)8/h7H,1-6,8H2;2-5H2,1H3. The molecule has 0 radical (unpaired) electrons. The van der Waals surface area contributed by atoms with Crippen molar-refractivity contribution in [2.45, 2.75) is 51.9 Å². The summed E-state index contributed by atoms with van der Waals surface area (Å²) in [6, 6.07) is 0. The SMILES string of the molecule is CCN1CCCC1=O.NCC1CCCCC1. The van der Waals surface area contributed by atoms with Crippen molar-refractivity contribution in [3.05, 3.63) is 0 Å². The van der Waals surface area contributed by atoms with Gasteiger partial charge in [-0.1, -0.05) is 19.3 Å². The van der Waals surface area contributed by atoms with Crippen LogP contribution in [0.4, 0.5) is 0 Å². The van der Waals surface area contributed by atoms with Crippen LogP contribution < -0.4 is 5.73 Å². The molecule has 3 heteroatoms. The molecule has 94 valence electrons. The lowest BCUT2D eigenvalue weighted by Crippen LogP contribution is -2.23. The third kappa shape index (κ3) is 4.52. The Kier molecular flexibility index (Phi) is 6.46. The Morgan fingerprint density at radius 3 is 2.25 bits per heavy atom. The smallest absolute Gasteiger partial charge is 0.222 e. The van der Waals surface area contributed by atoms with E-state index in [4.69, 9.17) is 5.73 Å². The average Bonchev–Trinajstić information content (AvgIpc) is 2.76. The van der Waals surface area contributed by atoms with Crippen LogP contribution in [0.1, 0.15) is 51.9 Å². The summed E-state index contributed by atoms with van der Waals surface area (Å²) in [5.74, 6) is 1.19. The number of hydrogen-bond acceptors (Lipinski definition) is 2. The molecule has 2 fully saturated rings. The molecule has 16 heavy (non-hydrogen) atoms. The molecule has 0 bridgehead atoms. The maximum Gasteiger partial charge on any atom is 0.222 e. The summed E-state index contributed by atoms with van der Waals surface area (Å²) in [4.78, 5) is 12.6. The highest BCUT2D eigenvalue weighted by atomic mass is 16.2. The molecule has 2 rings (SSSR count). The van der Waals surface area contributed by atoms with E-state index >= 15 is 0 Å². The Labute approximate surface area is 99.4 Å². The quantitative estimate of drug-likeness (QED) is 0.784. The predicted molar refractivity (Wildman–Crippen MR) is 67.1 cm³/mol. The van der Waals surface area contributed by atoms with Crippen LogP contribution in [-0.2, 0) is 4.79 Å². The number of carbonyl (C=O) groups is 1. The van der Waals surface area contributed by atoms with Crippen molar-refractivity contribution in [1.29, 1.82) is 0 Å². The van der Waals surface area contributed by atoms with Crippen LogP contribution in [0.3, 0.4) is 0 Å². The number of nitrogens with zero attached hydrogens (tertiary/aromatic N) is 1. The lowest BCUT2D eigenvalue weighted by atomic mass is 9.90. The van der Waals surface area contributed by atoms with E-state index in [2.05, 4.69) is 0 Å². The van der Waals surface area contributed by atoms with Gasteiger partial charge < -0.3 is 10.6 Å². The molecule has 1 saturated heterocycles. The minimum absolute atomic E-state index is 0.326. The second-order valence-corrected chi connectivity index (χ2v) is 4.82. The summed E-state index contributed by atoms with van der Waals surface area (Å²) >= 11 is 0. The number of likely N-dealkylation sites (tertiary alicyclic amines) is 1. The van der Waals surface area contributed by atoms with Crippen molar-refractivity contribution in [1.82, 2.24) is 4.90 Å². The van der Waals surface area contributed by atoms with E-state index in [1.165, 1.54) is 32.1 Å². The van der Waals surface area contributed by atoms with E-state index < -0.39 is 0 Å². The van der Waals surface area contributed by atoms with Crippen LogP contribution in [0.2, 0.25) is 0 Å². The van der Waals surface area contributed by atoms with Gasteiger partial charge in [-0.3, -0.25) is 4.79 Å². The molecule has 0 unspecified atom stereocenters. The fraction of sp³-hybridized carbons (Fsp3) is 0.923. The van der Waals surface area contributed by atoms with Gasteiger partial charge in [0.15, 0.2) is 0 Å². The summed E-state index contributed by atoms with van der Waals surface area (Å²) in [5.41, 5.74) is 5.50. The first-order valence-corrected chi connectivity index (χ1v) is 6.75. The van der Waals surface area contributed by atoms with Crippen molar-refractivity contribution in [2.75, 3.05) is 19.6 Å². The molecule has 0 spiro atoms. The van der Waals surface area contributed by atoms with Crippen LogP contribution in [0.15, 0.2) is 0 Å². The first-order valence-electron chi connectivity index (χ1n) is 6.75. The highest BCUT2D eigenvalue weighted by Gasteiger charge is 2.16. The van der Waals surface area contributed by atoms with Crippen LogP contribution in [0.5, 0.6) is 0 Å². The third-order valence-electron chi connectivity index (χ3n) is 3.61. The minimum atomic E-state index is 0.326. The molecule has 0 aromatic heterocycles. The topological polar surface area (TPSA) is 46.3 Å². The van der Waals surface area contributed by atoms with E-state index in [9.17, 15) is 4.79 Å². The van der Waals surface area contributed by atoms with Crippen LogP contribution in [0.25, 0.3) is 0 Å². The first-order chi connectivity index (χ1) is 7.77. The van der Waals surface area contributed by atoms with Gasteiger partial charge in [-0.25, -0.2) is 0 Å². The van der Waals surface area contributed by atoms with Crippen molar-refractivity contribution in [3.8, 4) is 0 Å². The van der Waals surface area contributed by atoms with E-state index in [0.717, 1.165) is 38.4 Å². The molecular formula is C13H26N2O. The van der Waals surface area contributed by atoms with Gasteiger partial charge in [-0.05, 0) is 38.6 Å². The summed E-state index contributed by atoms with van der Waals surface area (Å²) in [6.07, 6.45) is 8.88. The van der Waals surface area contributed by atoms with Gasteiger partial charge >= 0.3 is 0 Å². The Bertz CT molecular complexity index is 200. The first kappa shape index (κ1) is 13.5. The fourth-order valence-electron chi connectivity index (χ4n) is 2.46. The van der Waals surface area contributed by atoms with Crippen molar-refractivity contribution < 1.29 is 4.79 Å². The summed E-state index contributed by atoms with van der Waals surface area (Å²) in [7, 11) is 0. The maximum atomic E-state index is 10.7. The van der Waals surface area contributed by atoms with E-state index in [1.54, 1.807) is 0 Å². The fourth-order valence-corrected chi connectivity index (χ4v) is 2.46. The molecule has 0 aromatic rings. The Balaban J connectivity index is 0.000000160. The highest BCUT2D eigenvalue weighted by Crippen LogP contribution is 2.21. The lowest BCUT2D eigenvalue weighted by molar-refractivity contribution is -0.127. The zero-order chi connectivity index (χ0) is 11.8. The number of hydrogen-bond donors (Lipinski definition) is 1. The third-order valence-corrected chi connectivity index (χ3v) is 3.61. The molecule has 1 aliphatic carbocycles. The zero-order valence-corrected chi connectivity index (χ0v) is 10.6. The van der Waals surface area contributed by atoms with Gasteiger partial charge in [0.1, 0.15) is 0 Å². The summed E-state index contributed by atoms with van der Waals surface area (Å²) in [6.45, 7) is 4.80. The molecular weight excluding hydrogens is 200 g/mol. The monoisotopic (exact) mass is 226 g/mol. The number of amides is 1. The molecule has 2 N–H and O–H groups in total. The largest absolute Gasteiger partial charge is 0.343 e. The Morgan fingerprint density at radius 2 is 1.94 bits per heavy atom. The van der Waals surface area contributed by atoms with Crippen LogP contribution in [0, 0.1) is 5.92 Å². The molecule has 2 aliphatic rings. The lowest BCUT2D eigenvalue weighted by Gasteiger charge is -2.18. The Hall–Kier alpha value is -0.570. The van der Waals surface area contributed by atoms with Gasteiger partial charge in [0.2, 0.25) is 5.91 Å². The van der Waals surface area contributed by atoms with Gasteiger partial charge in [0.05, 0.1) is 0 Å². The molecule has 0 aromatic carbocycles. The van der Waals surface area contributed by atoms with E-state index in [-0.39, 0.29) is 0 Å². The van der Waals surface area contributed by atoms with Crippen LogP contribution in [-0.4, -0.2) is 30.4 Å². The summed E-state index contributed by atoms with van der Waals surface area (Å²) < 4.78 is 0. The van der Waals surface area contributed by atoms with Gasteiger partial charge in [0, 0.05) is 19.5 Å². The zero-order valence-electron chi connectivity index (χ0n) is 10.6. The normalized spacial score (nSPS) is 21.9. The molecule has 1 aliphatic heterocycles. The van der Waals surface area contributed by atoms with E-state index in [0.29, 0.717) is 5.91 Å². The second kappa shape index (κ2) is 7.66. The highest BCUT2D eigenvalue weighted by molar-refractivity contribution is 5.77. The molecule has 3 nitrogen and oxygen atoms in total. The van der Waals surface area contributed by atoms with Gasteiger partial charge in [0.25, 0.3) is 0 Å². The van der Waals surface area contributed by atoms with Crippen LogP contribution >= 0.6 is 0 Å². The minimum Gasteiger partial charge on any atom is -0.343 e. The molecule has 1 heterocycles. The number of rotatable bonds is 2. The number of nitrogens with two attached hydrogens (primary N) is 1. The molecule has 0 atom stereocenters. The molecule has 1 amide bonds. The van der Waals surface area contributed by atoms with E-state index in [1.807, 2.05) is 11.8 Å².